The molecule has 114 valence electrons. The van der Waals surface area contributed by atoms with Crippen LogP contribution in [0.5, 0.6) is 0 Å². The van der Waals surface area contributed by atoms with Gasteiger partial charge >= 0.3 is 0 Å². The number of rotatable bonds is 3. The van der Waals surface area contributed by atoms with Crippen LogP contribution < -0.4 is 16.2 Å². The lowest BCUT2D eigenvalue weighted by Crippen LogP contribution is -2.48. The Labute approximate surface area is 130 Å². The number of carbonyl (C=O) groups excluding carboxylic acids is 2. The number of aromatic amines is 1. The third-order valence-corrected chi connectivity index (χ3v) is 2.61. The maximum Gasteiger partial charge on any atom is 0.290 e. The molecule has 0 bridgehead atoms. The molecule has 4 N–H and O–H groups in total. The molecule has 0 aliphatic carbocycles. The van der Waals surface area contributed by atoms with Crippen LogP contribution in [-0.4, -0.2) is 27.1 Å². The number of aryl methyl sites for hydroxylation is 1. The van der Waals surface area contributed by atoms with Gasteiger partial charge in [-0.1, -0.05) is 0 Å². The van der Waals surface area contributed by atoms with Gasteiger partial charge < -0.3 is 4.42 Å². The van der Waals surface area contributed by atoms with Crippen molar-refractivity contribution in [1.29, 1.82) is 0 Å². The van der Waals surface area contributed by atoms with Gasteiger partial charge in [0.25, 0.3) is 5.91 Å². The van der Waals surface area contributed by atoms with E-state index in [4.69, 9.17) is 16.6 Å². The molecular formula is C13H13N5O3S. The summed E-state index contributed by atoms with van der Waals surface area (Å²) < 4.78 is 5.04. The molecule has 0 aliphatic rings. The van der Waals surface area contributed by atoms with Gasteiger partial charge in [-0.3, -0.25) is 30.9 Å². The van der Waals surface area contributed by atoms with Crippen LogP contribution in [0, 0.1) is 6.92 Å². The van der Waals surface area contributed by atoms with E-state index in [2.05, 4.69) is 26.4 Å². The molecule has 0 aromatic carbocycles. The van der Waals surface area contributed by atoms with Gasteiger partial charge in [0.05, 0.1) is 6.26 Å². The van der Waals surface area contributed by atoms with Gasteiger partial charge in [0.1, 0.15) is 5.76 Å². The Kier molecular flexibility index (Phi) is 5.04. The average molecular weight is 319 g/mol. The van der Waals surface area contributed by atoms with E-state index in [-0.39, 0.29) is 10.8 Å². The van der Waals surface area contributed by atoms with Crippen molar-refractivity contribution in [3.8, 4) is 0 Å². The molecule has 0 saturated carbocycles. The fourth-order valence-electron chi connectivity index (χ4n) is 1.44. The van der Waals surface area contributed by atoms with Crippen molar-refractivity contribution in [2.45, 2.75) is 6.92 Å². The maximum absolute atomic E-state index is 11.7. The Morgan fingerprint density at radius 3 is 2.86 bits per heavy atom. The molecule has 2 rings (SSSR count). The van der Waals surface area contributed by atoms with Gasteiger partial charge in [0, 0.05) is 11.8 Å². The third-order valence-electron chi connectivity index (χ3n) is 2.41. The predicted molar refractivity (Wildman–Crippen MR) is 82.4 cm³/mol. The van der Waals surface area contributed by atoms with Crippen molar-refractivity contribution in [3.05, 3.63) is 47.7 Å². The highest BCUT2D eigenvalue weighted by atomic mass is 32.1. The summed E-state index contributed by atoms with van der Waals surface area (Å²) in [5, 5.41) is 8.74. The van der Waals surface area contributed by atoms with Crippen LogP contribution in [0.15, 0.2) is 35.0 Å². The minimum absolute atomic E-state index is 0.0466. The lowest BCUT2D eigenvalue weighted by atomic mass is 10.4. The summed E-state index contributed by atoms with van der Waals surface area (Å²) in [4.78, 5) is 23.2. The van der Waals surface area contributed by atoms with Gasteiger partial charge in [-0.2, -0.15) is 5.10 Å². The van der Waals surface area contributed by atoms with Crippen LogP contribution in [0.25, 0.3) is 6.08 Å². The summed E-state index contributed by atoms with van der Waals surface area (Å²) >= 11 is 4.87. The number of furan rings is 1. The predicted octanol–water partition coefficient (Wildman–Crippen LogP) is 0.660. The number of hydrogen-bond acceptors (Lipinski definition) is 5. The van der Waals surface area contributed by atoms with Gasteiger partial charge in [-0.05, 0) is 43.4 Å². The van der Waals surface area contributed by atoms with Crippen molar-refractivity contribution in [2.24, 2.45) is 0 Å². The minimum atomic E-state index is -0.480. The molecule has 22 heavy (non-hydrogen) atoms. The number of nitrogens with one attached hydrogen (secondary N) is 4. The molecular weight excluding hydrogens is 306 g/mol. The second kappa shape index (κ2) is 7.18. The van der Waals surface area contributed by atoms with E-state index in [9.17, 15) is 9.59 Å². The lowest BCUT2D eigenvalue weighted by Gasteiger charge is -2.08. The molecule has 0 fully saturated rings. The quantitative estimate of drug-likeness (QED) is 0.376. The molecule has 2 amide bonds. The van der Waals surface area contributed by atoms with E-state index in [1.807, 2.05) is 0 Å². The molecule has 0 saturated heterocycles. The number of thiocarbonyl (C=S) groups is 1. The van der Waals surface area contributed by atoms with E-state index < -0.39 is 11.8 Å². The molecule has 2 aromatic heterocycles. The minimum Gasteiger partial charge on any atom is -0.465 e. The summed E-state index contributed by atoms with van der Waals surface area (Å²) in [7, 11) is 0. The molecule has 0 radical (unpaired) electrons. The van der Waals surface area contributed by atoms with E-state index in [0.717, 1.165) is 5.69 Å². The van der Waals surface area contributed by atoms with Gasteiger partial charge in [0.15, 0.2) is 10.8 Å². The molecule has 0 unspecified atom stereocenters. The van der Waals surface area contributed by atoms with Crippen molar-refractivity contribution < 1.29 is 14.0 Å². The first-order valence-electron chi connectivity index (χ1n) is 6.19. The van der Waals surface area contributed by atoms with E-state index in [1.54, 1.807) is 25.1 Å². The van der Waals surface area contributed by atoms with E-state index in [1.165, 1.54) is 18.4 Å². The van der Waals surface area contributed by atoms with E-state index >= 15 is 0 Å². The number of hydrazine groups is 1. The Hall–Kier alpha value is -2.94. The Morgan fingerprint density at radius 2 is 2.23 bits per heavy atom. The highest BCUT2D eigenvalue weighted by Crippen LogP contribution is 2.01. The number of carbonyl (C=O) groups is 2. The van der Waals surface area contributed by atoms with Crippen molar-refractivity contribution in [3.63, 3.8) is 0 Å². The Bertz CT molecular complexity index is 705. The average Bonchev–Trinajstić information content (AvgIpc) is 3.14. The second-order valence-electron chi connectivity index (χ2n) is 4.18. The molecule has 0 aliphatic heterocycles. The number of aromatic nitrogens is 2. The SMILES string of the molecule is Cc1cc(C(=O)NNC(=S)NC(=O)/C=C/c2ccco2)n[nH]1. The highest BCUT2D eigenvalue weighted by Gasteiger charge is 2.09. The van der Waals surface area contributed by atoms with Gasteiger partial charge in [-0.15, -0.1) is 0 Å². The number of hydrogen-bond donors (Lipinski definition) is 4. The normalized spacial score (nSPS) is 10.4. The molecule has 2 heterocycles. The Morgan fingerprint density at radius 1 is 1.41 bits per heavy atom. The molecule has 2 aromatic rings. The summed E-state index contributed by atoms with van der Waals surface area (Å²) in [5.74, 6) is -0.401. The fraction of sp³-hybridized carbons (Fsp3) is 0.0769. The first-order valence-corrected chi connectivity index (χ1v) is 6.60. The topological polar surface area (TPSA) is 112 Å². The number of H-pyrrole nitrogens is 1. The summed E-state index contributed by atoms with van der Waals surface area (Å²) in [6.45, 7) is 1.77. The van der Waals surface area contributed by atoms with Gasteiger partial charge in [-0.25, -0.2) is 0 Å². The zero-order valence-electron chi connectivity index (χ0n) is 11.5. The zero-order chi connectivity index (χ0) is 15.9. The Balaban J connectivity index is 1.75. The first-order chi connectivity index (χ1) is 10.5. The van der Waals surface area contributed by atoms with Crippen LogP contribution in [0.2, 0.25) is 0 Å². The molecule has 8 nitrogen and oxygen atoms in total. The monoisotopic (exact) mass is 319 g/mol. The van der Waals surface area contributed by atoms with Crippen LogP contribution in [0.1, 0.15) is 21.9 Å². The summed E-state index contributed by atoms with van der Waals surface area (Å²) in [6.07, 6.45) is 4.24. The van der Waals surface area contributed by atoms with Crippen LogP contribution in [0.4, 0.5) is 0 Å². The second-order valence-corrected chi connectivity index (χ2v) is 4.59. The van der Waals surface area contributed by atoms with Crippen LogP contribution in [-0.2, 0) is 4.79 Å². The first kappa shape index (κ1) is 15.4. The van der Waals surface area contributed by atoms with Gasteiger partial charge in [0.2, 0.25) is 5.91 Å². The fourth-order valence-corrected chi connectivity index (χ4v) is 1.59. The number of amides is 2. The molecule has 0 spiro atoms. The summed E-state index contributed by atoms with van der Waals surface area (Å²) in [5.41, 5.74) is 5.68. The van der Waals surface area contributed by atoms with E-state index in [0.29, 0.717) is 5.76 Å². The third kappa shape index (κ3) is 4.56. The zero-order valence-corrected chi connectivity index (χ0v) is 12.4. The van der Waals surface area contributed by atoms with Crippen molar-refractivity contribution in [2.75, 3.05) is 0 Å². The molecule has 0 atom stereocenters. The lowest BCUT2D eigenvalue weighted by molar-refractivity contribution is -0.115. The van der Waals surface area contributed by atoms with Crippen molar-refractivity contribution in [1.82, 2.24) is 26.4 Å². The molecule has 9 heteroatoms. The largest absolute Gasteiger partial charge is 0.465 e. The van der Waals surface area contributed by atoms with Crippen LogP contribution in [0.3, 0.4) is 0 Å². The smallest absolute Gasteiger partial charge is 0.290 e. The summed E-state index contributed by atoms with van der Waals surface area (Å²) in [6, 6.07) is 4.98. The maximum atomic E-state index is 11.7. The standard InChI is InChI=1S/C13H13N5O3S/c1-8-7-10(16-15-8)12(20)17-18-13(22)14-11(19)5-4-9-3-2-6-21-9/h2-7H,1H3,(H,15,16)(H,17,20)(H2,14,18,19,22)/b5-4+. The highest BCUT2D eigenvalue weighted by molar-refractivity contribution is 7.80. The van der Waals surface area contributed by atoms with Crippen molar-refractivity contribution >= 4 is 35.2 Å². The van der Waals surface area contributed by atoms with Crippen LogP contribution >= 0.6 is 12.2 Å². The number of nitrogens with zero attached hydrogens (tertiary/aromatic N) is 1.